The predicted molar refractivity (Wildman–Crippen MR) is 68.5 cm³/mol. The maximum Gasteiger partial charge on any atom is 0.509 e. The summed E-state index contributed by atoms with van der Waals surface area (Å²) in [5.41, 5.74) is 0.494. The number of carbonyl (C=O) groups excluding carboxylic acids is 1. The molecule has 1 aromatic rings. The Hall–Kier alpha value is -2.04. The molecule has 1 unspecified atom stereocenters. The molecule has 1 rings (SSSR count). The van der Waals surface area contributed by atoms with Crippen molar-refractivity contribution in [2.24, 2.45) is 0 Å². The molecule has 1 N–H and O–H groups in total. The van der Waals surface area contributed by atoms with Crippen LogP contribution in [0.3, 0.4) is 0 Å². The fourth-order valence-electron chi connectivity index (χ4n) is 1.56. The Morgan fingerprint density at radius 2 is 1.84 bits per heavy atom. The summed E-state index contributed by atoms with van der Waals surface area (Å²) in [5, 5.41) is 8.66. The molecule has 0 amide bonds. The van der Waals surface area contributed by atoms with Gasteiger partial charge in [-0.2, -0.15) is 0 Å². The monoisotopic (exact) mass is 266 g/mol. The zero-order valence-corrected chi connectivity index (χ0v) is 10.9. The first kappa shape index (κ1) is 15.0. The Kier molecular flexibility index (Phi) is 6.43. The molecular formula is C14H18O5. The number of unbranched alkanes of at least 4 members (excludes halogenated alkanes) is 2. The summed E-state index contributed by atoms with van der Waals surface area (Å²) in [7, 11) is 0. The molecule has 1 atom stereocenters. The molecule has 0 saturated heterocycles. The van der Waals surface area contributed by atoms with Crippen molar-refractivity contribution in [2.45, 2.75) is 38.9 Å². The summed E-state index contributed by atoms with van der Waals surface area (Å²) >= 11 is 0. The number of rotatable bonds is 7. The largest absolute Gasteiger partial charge is 0.509 e. The van der Waals surface area contributed by atoms with Gasteiger partial charge in [0.1, 0.15) is 0 Å². The molecule has 0 fully saturated rings. The molecule has 5 heteroatoms. The van der Waals surface area contributed by atoms with Gasteiger partial charge in [0.15, 0.2) is 0 Å². The molecule has 0 aliphatic carbocycles. The number of benzene rings is 1. The first-order chi connectivity index (χ1) is 9.13. The molecule has 0 aromatic heterocycles. The summed E-state index contributed by atoms with van der Waals surface area (Å²) in [4.78, 5) is 22.2. The minimum Gasteiger partial charge on any atom is -0.450 e. The Balaban J connectivity index is 2.60. The highest BCUT2D eigenvalue weighted by Gasteiger charge is 2.20. The molecule has 0 aliphatic rings. The lowest BCUT2D eigenvalue weighted by atomic mass is 10.2. The van der Waals surface area contributed by atoms with Gasteiger partial charge >= 0.3 is 12.1 Å². The van der Waals surface area contributed by atoms with E-state index < -0.39 is 18.4 Å². The lowest BCUT2D eigenvalue weighted by Crippen LogP contribution is -2.17. The van der Waals surface area contributed by atoms with Crippen molar-refractivity contribution in [2.75, 3.05) is 0 Å². The SMILES string of the molecule is CCCCCC(=O)OC(OC(=O)O)c1ccccc1. The van der Waals surface area contributed by atoms with E-state index in [0.717, 1.165) is 19.3 Å². The molecule has 1 aromatic carbocycles. The summed E-state index contributed by atoms with van der Waals surface area (Å²) < 4.78 is 9.64. The fourth-order valence-corrected chi connectivity index (χ4v) is 1.56. The summed E-state index contributed by atoms with van der Waals surface area (Å²) in [6.07, 6.45) is 0.249. The van der Waals surface area contributed by atoms with E-state index in [2.05, 4.69) is 4.74 Å². The molecule has 0 heterocycles. The summed E-state index contributed by atoms with van der Waals surface area (Å²) in [6, 6.07) is 8.52. The van der Waals surface area contributed by atoms with Crippen LogP contribution in [0.25, 0.3) is 0 Å². The summed E-state index contributed by atoms with van der Waals surface area (Å²) in [6.45, 7) is 2.03. The van der Waals surface area contributed by atoms with Gasteiger partial charge in [0.25, 0.3) is 6.29 Å². The smallest absolute Gasteiger partial charge is 0.450 e. The Labute approximate surface area is 112 Å². The number of hydrogen-bond acceptors (Lipinski definition) is 4. The van der Waals surface area contributed by atoms with Gasteiger partial charge in [-0.3, -0.25) is 4.79 Å². The van der Waals surface area contributed by atoms with Gasteiger partial charge in [-0.1, -0.05) is 50.1 Å². The Morgan fingerprint density at radius 1 is 1.16 bits per heavy atom. The van der Waals surface area contributed by atoms with Gasteiger partial charge in [-0.15, -0.1) is 0 Å². The minimum atomic E-state index is -1.48. The van der Waals surface area contributed by atoms with Crippen LogP contribution in [0, 0.1) is 0 Å². The highest BCUT2D eigenvalue weighted by Crippen LogP contribution is 2.20. The van der Waals surface area contributed by atoms with Crippen LogP contribution in [0.15, 0.2) is 30.3 Å². The van der Waals surface area contributed by atoms with Crippen molar-refractivity contribution in [1.82, 2.24) is 0 Å². The number of carboxylic acid groups (broad SMARTS) is 1. The first-order valence-electron chi connectivity index (χ1n) is 6.27. The molecule has 0 radical (unpaired) electrons. The molecule has 0 aliphatic heterocycles. The third-order valence-electron chi connectivity index (χ3n) is 2.50. The molecule has 0 bridgehead atoms. The first-order valence-corrected chi connectivity index (χ1v) is 6.27. The average Bonchev–Trinajstić information content (AvgIpc) is 2.39. The van der Waals surface area contributed by atoms with Crippen LogP contribution in [0.1, 0.15) is 44.5 Å². The van der Waals surface area contributed by atoms with E-state index in [0.29, 0.717) is 5.56 Å². The molecular weight excluding hydrogens is 248 g/mol. The van der Waals surface area contributed by atoms with Crippen LogP contribution in [-0.4, -0.2) is 17.2 Å². The van der Waals surface area contributed by atoms with Crippen LogP contribution in [-0.2, 0) is 14.3 Å². The van der Waals surface area contributed by atoms with E-state index in [1.165, 1.54) is 0 Å². The third-order valence-corrected chi connectivity index (χ3v) is 2.50. The van der Waals surface area contributed by atoms with Crippen molar-refractivity contribution >= 4 is 12.1 Å². The molecule has 5 nitrogen and oxygen atoms in total. The van der Waals surface area contributed by atoms with Crippen LogP contribution < -0.4 is 0 Å². The molecule has 19 heavy (non-hydrogen) atoms. The maximum absolute atomic E-state index is 11.6. The highest BCUT2D eigenvalue weighted by molar-refractivity contribution is 5.69. The number of hydrogen-bond donors (Lipinski definition) is 1. The normalized spacial score (nSPS) is 11.6. The van der Waals surface area contributed by atoms with E-state index in [9.17, 15) is 9.59 Å². The minimum absolute atomic E-state index is 0.264. The molecule has 0 saturated carbocycles. The quantitative estimate of drug-likeness (QED) is 0.464. The zero-order chi connectivity index (χ0) is 14.1. The number of ether oxygens (including phenoxy) is 2. The van der Waals surface area contributed by atoms with Gasteiger partial charge in [-0.05, 0) is 6.42 Å². The average molecular weight is 266 g/mol. The topological polar surface area (TPSA) is 72.8 Å². The van der Waals surface area contributed by atoms with Crippen molar-refractivity contribution in [3.05, 3.63) is 35.9 Å². The Bertz CT molecular complexity index is 402. The van der Waals surface area contributed by atoms with Crippen molar-refractivity contribution in [1.29, 1.82) is 0 Å². The van der Waals surface area contributed by atoms with Crippen LogP contribution in [0.5, 0.6) is 0 Å². The van der Waals surface area contributed by atoms with Gasteiger partial charge in [-0.25, -0.2) is 4.79 Å². The van der Waals surface area contributed by atoms with E-state index in [-0.39, 0.29) is 6.42 Å². The van der Waals surface area contributed by atoms with Crippen molar-refractivity contribution in [3.63, 3.8) is 0 Å². The van der Waals surface area contributed by atoms with Crippen LogP contribution in [0.4, 0.5) is 4.79 Å². The third kappa shape index (κ3) is 5.90. The van der Waals surface area contributed by atoms with Gasteiger partial charge in [0.2, 0.25) is 0 Å². The maximum atomic E-state index is 11.6. The van der Waals surface area contributed by atoms with E-state index in [1.54, 1.807) is 30.3 Å². The zero-order valence-electron chi connectivity index (χ0n) is 10.9. The second kappa shape index (κ2) is 8.13. The fraction of sp³-hybridized carbons (Fsp3) is 0.429. The van der Waals surface area contributed by atoms with Gasteiger partial charge in [0.05, 0.1) is 0 Å². The Morgan fingerprint density at radius 3 is 2.42 bits per heavy atom. The molecule has 104 valence electrons. The lowest BCUT2D eigenvalue weighted by molar-refractivity contribution is -0.171. The second-order valence-corrected chi connectivity index (χ2v) is 4.07. The van der Waals surface area contributed by atoms with E-state index in [4.69, 9.17) is 9.84 Å². The van der Waals surface area contributed by atoms with Crippen LogP contribution >= 0.6 is 0 Å². The van der Waals surface area contributed by atoms with E-state index in [1.807, 2.05) is 6.92 Å². The van der Waals surface area contributed by atoms with Gasteiger partial charge < -0.3 is 14.6 Å². The number of carbonyl (C=O) groups is 2. The molecule has 0 spiro atoms. The van der Waals surface area contributed by atoms with E-state index >= 15 is 0 Å². The summed E-state index contributed by atoms with van der Waals surface area (Å²) in [5.74, 6) is -0.455. The highest BCUT2D eigenvalue weighted by atomic mass is 16.8. The predicted octanol–water partition coefficient (Wildman–Crippen LogP) is 3.50. The van der Waals surface area contributed by atoms with Crippen LogP contribution in [0.2, 0.25) is 0 Å². The second-order valence-electron chi connectivity index (χ2n) is 4.07. The standard InChI is InChI=1S/C14H18O5/c1-2-3-5-10-12(15)18-13(19-14(16)17)11-8-6-4-7-9-11/h4,6-9,13H,2-3,5,10H2,1H3,(H,16,17). The van der Waals surface area contributed by atoms with Crippen molar-refractivity contribution < 1.29 is 24.2 Å². The van der Waals surface area contributed by atoms with Gasteiger partial charge in [0, 0.05) is 12.0 Å². The lowest BCUT2D eigenvalue weighted by Gasteiger charge is -2.16. The van der Waals surface area contributed by atoms with Crippen molar-refractivity contribution in [3.8, 4) is 0 Å². The number of esters is 1.